The van der Waals surface area contributed by atoms with Crippen molar-refractivity contribution in [2.24, 2.45) is 0 Å². The fourth-order valence-corrected chi connectivity index (χ4v) is 4.49. The summed E-state index contributed by atoms with van der Waals surface area (Å²) in [4.78, 5) is 23.9. The molecule has 3 heterocycles. The van der Waals surface area contributed by atoms with Crippen molar-refractivity contribution in [1.82, 2.24) is 24.7 Å². The SMILES string of the molecule is CC1(F)CCC(n2ncc3c(=O)[nH]c(Cc4ccccc4-c4ccnc(F)c4)nc32)CC1. The molecule has 3 aromatic heterocycles. The van der Waals surface area contributed by atoms with E-state index in [0.717, 1.165) is 11.1 Å². The molecular formula is C24H23F2N5O. The molecule has 0 saturated heterocycles. The Morgan fingerprint density at radius 1 is 1.22 bits per heavy atom. The van der Waals surface area contributed by atoms with E-state index in [1.807, 2.05) is 24.3 Å². The van der Waals surface area contributed by atoms with Crippen LogP contribution < -0.4 is 5.56 Å². The minimum absolute atomic E-state index is 0.0190. The average Bonchev–Trinajstić information content (AvgIpc) is 3.19. The number of hydrogen-bond donors (Lipinski definition) is 1. The van der Waals surface area contributed by atoms with Crippen molar-refractivity contribution in [3.8, 4) is 11.1 Å². The summed E-state index contributed by atoms with van der Waals surface area (Å²) in [5.41, 5.74) is 1.57. The normalized spacial score (nSPS) is 21.2. The lowest BCUT2D eigenvalue weighted by atomic mass is 9.85. The second-order valence-corrected chi connectivity index (χ2v) is 8.68. The number of halogens is 2. The summed E-state index contributed by atoms with van der Waals surface area (Å²) in [6.07, 6.45) is 5.56. The highest BCUT2D eigenvalue weighted by molar-refractivity contribution is 5.73. The van der Waals surface area contributed by atoms with Gasteiger partial charge in [0.15, 0.2) is 5.65 Å². The maximum absolute atomic E-state index is 14.2. The van der Waals surface area contributed by atoms with Gasteiger partial charge in [-0.25, -0.2) is 19.0 Å². The van der Waals surface area contributed by atoms with Crippen LogP contribution in [0, 0.1) is 5.95 Å². The van der Waals surface area contributed by atoms with Crippen LogP contribution in [-0.4, -0.2) is 30.4 Å². The maximum Gasteiger partial charge on any atom is 0.262 e. The van der Waals surface area contributed by atoms with E-state index >= 15 is 0 Å². The number of nitrogens with one attached hydrogen (secondary N) is 1. The molecule has 1 saturated carbocycles. The molecule has 0 unspecified atom stereocenters. The van der Waals surface area contributed by atoms with E-state index in [1.54, 1.807) is 17.7 Å². The van der Waals surface area contributed by atoms with Gasteiger partial charge in [-0.1, -0.05) is 24.3 Å². The fourth-order valence-electron chi connectivity index (χ4n) is 4.49. The number of H-pyrrole nitrogens is 1. The first kappa shape index (κ1) is 20.5. The van der Waals surface area contributed by atoms with Crippen LogP contribution in [0.15, 0.2) is 53.6 Å². The van der Waals surface area contributed by atoms with E-state index in [4.69, 9.17) is 4.98 Å². The number of fused-ring (bicyclic) bond motifs is 1. The van der Waals surface area contributed by atoms with E-state index in [9.17, 15) is 13.6 Å². The minimum atomic E-state index is -1.15. The standard InChI is InChI=1S/C24H23F2N5O/c1-24(26)9-6-17(7-10-24)31-22-19(14-28-31)23(32)30-21(29-22)13-15-4-2-3-5-18(15)16-8-11-27-20(25)12-16/h2-5,8,11-12,14,17H,6-7,9-10,13H2,1H3,(H,29,30,32). The number of benzene rings is 1. The minimum Gasteiger partial charge on any atom is -0.310 e. The molecule has 0 bridgehead atoms. The van der Waals surface area contributed by atoms with Gasteiger partial charge in [-0.15, -0.1) is 0 Å². The molecule has 164 valence electrons. The third-order valence-corrected chi connectivity index (χ3v) is 6.27. The number of alkyl halides is 1. The maximum atomic E-state index is 14.2. The Hall–Kier alpha value is -3.42. The highest BCUT2D eigenvalue weighted by Gasteiger charge is 2.32. The zero-order chi connectivity index (χ0) is 22.3. The van der Waals surface area contributed by atoms with Crippen LogP contribution in [0.4, 0.5) is 8.78 Å². The van der Waals surface area contributed by atoms with Gasteiger partial charge in [0.2, 0.25) is 5.95 Å². The predicted octanol–water partition coefficient (Wildman–Crippen LogP) is 4.75. The number of hydrogen-bond acceptors (Lipinski definition) is 4. The Morgan fingerprint density at radius 3 is 2.78 bits per heavy atom. The van der Waals surface area contributed by atoms with Crippen LogP contribution in [0.25, 0.3) is 22.2 Å². The number of rotatable bonds is 4. The van der Waals surface area contributed by atoms with Gasteiger partial charge in [-0.3, -0.25) is 4.79 Å². The first-order valence-electron chi connectivity index (χ1n) is 10.7. The van der Waals surface area contributed by atoms with Crippen LogP contribution in [0.3, 0.4) is 0 Å². The number of pyridine rings is 1. The molecule has 6 nitrogen and oxygen atoms in total. The quantitative estimate of drug-likeness (QED) is 0.469. The monoisotopic (exact) mass is 435 g/mol. The van der Waals surface area contributed by atoms with Gasteiger partial charge in [0, 0.05) is 18.7 Å². The third-order valence-electron chi connectivity index (χ3n) is 6.27. The largest absolute Gasteiger partial charge is 0.310 e. The molecule has 1 aliphatic rings. The first-order valence-corrected chi connectivity index (χ1v) is 10.7. The van der Waals surface area contributed by atoms with E-state index < -0.39 is 11.6 Å². The van der Waals surface area contributed by atoms with Gasteiger partial charge in [0.25, 0.3) is 5.56 Å². The topological polar surface area (TPSA) is 76.5 Å². The van der Waals surface area contributed by atoms with Gasteiger partial charge in [-0.2, -0.15) is 9.49 Å². The van der Waals surface area contributed by atoms with E-state index in [2.05, 4.69) is 15.1 Å². The summed E-state index contributed by atoms with van der Waals surface area (Å²) in [7, 11) is 0. The van der Waals surface area contributed by atoms with Crippen LogP contribution >= 0.6 is 0 Å². The van der Waals surface area contributed by atoms with E-state index in [1.165, 1.54) is 18.5 Å². The van der Waals surface area contributed by atoms with Crippen LogP contribution in [0.1, 0.15) is 50.0 Å². The smallest absolute Gasteiger partial charge is 0.262 e. The Labute approximate surface area is 183 Å². The highest BCUT2D eigenvalue weighted by Crippen LogP contribution is 2.37. The van der Waals surface area contributed by atoms with Crippen molar-refractivity contribution < 1.29 is 8.78 Å². The second kappa shape index (κ2) is 7.93. The molecule has 5 rings (SSSR count). The summed E-state index contributed by atoms with van der Waals surface area (Å²) < 4.78 is 29.7. The Morgan fingerprint density at radius 2 is 2.00 bits per heavy atom. The number of aromatic nitrogens is 5. The summed E-state index contributed by atoms with van der Waals surface area (Å²) in [5, 5.41) is 4.84. The Balaban J connectivity index is 1.51. The average molecular weight is 435 g/mol. The summed E-state index contributed by atoms with van der Waals surface area (Å²) in [5.74, 6) is -0.0524. The van der Waals surface area contributed by atoms with Crippen molar-refractivity contribution in [2.45, 2.75) is 50.7 Å². The highest BCUT2D eigenvalue weighted by atomic mass is 19.1. The van der Waals surface area contributed by atoms with Crippen LogP contribution in [0.2, 0.25) is 0 Å². The molecule has 0 spiro atoms. The van der Waals surface area contributed by atoms with Gasteiger partial charge in [-0.05, 0) is 55.4 Å². The van der Waals surface area contributed by atoms with Crippen molar-refractivity contribution in [1.29, 1.82) is 0 Å². The van der Waals surface area contributed by atoms with E-state index in [0.29, 0.717) is 54.5 Å². The van der Waals surface area contributed by atoms with Gasteiger partial charge < -0.3 is 4.98 Å². The lowest BCUT2D eigenvalue weighted by molar-refractivity contribution is 0.103. The molecule has 1 N–H and O–H groups in total. The molecule has 0 atom stereocenters. The van der Waals surface area contributed by atoms with Gasteiger partial charge in [0.1, 0.15) is 16.9 Å². The summed E-state index contributed by atoms with van der Waals surface area (Å²) in [6.45, 7) is 1.64. The molecule has 1 aliphatic carbocycles. The molecule has 4 aromatic rings. The lowest BCUT2D eigenvalue weighted by Gasteiger charge is -2.31. The van der Waals surface area contributed by atoms with Crippen molar-refractivity contribution >= 4 is 11.0 Å². The Kier molecular flexibility index (Phi) is 5.07. The number of nitrogens with zero attached hydrogens (tertiary/aromatic N) is 4. The summed E-state index contributed by atoms with van der Waals surface area (Å²) >= 11 is 0. The summed E-state index contributed by atoms with van der Waals surface area (Å²) in [6, 6.07) is 10.8. The van der Waals surface area contributed by atoms with Crippen molar-refractivity contribution in [2.75, 3.05) is 0 Å². The van der Waals surface area contributed by atoms with Gasteiger partial charge >= 0.3 is 0 Å². The molecule has 8 heteroatoms. The lowest BCUT2D eigenvalue weighted by Crippen LogP contribution is -2.28. The zero-order valence-corrected chi connectivity index (χ0v) is 17.7. The van der Waals surface area contributed by atoms with Crippen LogP contribution in [-0.2, 0) is 6.42 Å². The molecule has 1 fully saturated rings. The molecule has 1 aromatic carbocycles. The molecular weight excluding hydrogens is 412 g/mol. The molecule has 0 amide bonds. The molecule has 0 radical (unpaired) electrons. The van der Waals surface area contributed by atoms with E-state index in [-0.39, 0.29) is 11.6 Å². The van der Waals surface area contributed by atoms with Crippen molar-refractivity contribution in [3.05, 3.63) is 76.5 Å². The second-order valence-electron chi connectivity index (χ2n) is 8.68. The third kappa shape index (κ3) is 3.92. The number of aromatic amines is 1. The first-order chi connectivity index (χ1) is 15.4. The zero-order valence-electron chi connectivity index (χ0n) is 17.7. The predicted molar refractivity (Wildman–Crippen MR) is 118 cm³/mol. The molecule has 32 heavy (non-hydrogen) atoms. The van der Waals surface area contributed by atoms with Gasteiger partial charge in [0.05, 0.1) is 12.2 Å². The Bertz CT molecular complexity index is 1330. The van der Waals surface area contributed by atoms with Crippen LogP contribution in [0.5, 0.6) is 0 Å². The van der Waals surface area contributed by atoms with Crippen molar-refractivity contribution in [3.63, 3.8) is 0 Å². The fraction of sp³-hybridized carbons (Fsp3) is 0.333. The molecule has 0 aliphatic heterocycles.